The zero-order chi connectivity index (χ0) is 12.1. The molecule has 0 aliphatic rings. The molecule has 86 valence electrons. The number of methoxy groups -OCH3 is 1. The second-order valence-corrected chi connectivity index (χ2v) is 3.41. The molecule has 0 aliphatic heterocycles. The van der Waals surface area contributed by atoms with Crippen molar-refractivity contribution in [3.05, 3.63) is 54.4 Å². The summed E-state index contributed by atoms with van der Waals surface area (Å²) in [4.78, 5) is 15.2. The van der Waals surface area contributed by atoms with E-state index in [9.17, 15) is 4.79 Å². The van der Waals surface area contributed by atoms with Crippen molar-refractivity contribution >= 4 is 17.3 Å². The number of ether oxygens (including phenoxy) is 1. The molecule has 17 heavy (non-hydrogen) atoms. The summed E-state index contributed by atoms with van der Waals surface area (Å²) in [5, 5.41) is 3.17. The van der Waals surface area contributed by atoms with Crippen molar-refractivity contribution in [2.24, 2.45) is 0 Å². The fourth-order valence-electron chi connectivity index (χ4n) is 1.38. The van der Waals surface area contributed by atoms with Gasteiger partial charge < -0.3 is 10.1 Å². The molecule has 2 rings (SSSR count). The number of carbonyl (C=O) groups is 1. The van der Waals surface area contributed by atoms with Crippen molar-refractivity contribution < 1.29 is 9.53 Å². The summed E-state index contributed by atoms with van der Waals surface area (Å²) in [7, 11) is 1.33. The summed E-state index contributed by atoms with van der Waals surface area (Å²) in [5.41, 5.74) is 2.09. The lowest BCUT2D eigenvalue weighted by molar-refractivity contribution is 0.0594. The molecule has 1 aromatic heterocycles. The van der Waals surface area contributed by atoms with E-state index < -0.39 is 5.97 Å². The van der Waals surface area contributed by atoms with Gasteiger partial charge in [0.15, 0.2) is 0 Å². The minimum atomic E-state index is -0.434. The van der Waals surface area contributed by atoms with Crippen LogP contribution in [-0.2, 0) is 4.74 Å². The Morgan fingerprint density at radius 3 is 2.47 bits per heavy atom. The van der Waals surface area contributed by atoms with Crippen LogP contribution in [0.5, 0.6) is 0 Å². The van der Waals surface area contributed by atoms with Gasteiger partial charge >= 0.3 is 5.97 Å². The highest BCUT2D eigenvalue weighted by Crippen LogP contribution is 2.15. The maximum absolute atomic E-state index is 11.2. The molecule has 0 amide bonds. The minimum Gasteiger partial charge on any atom is -0.464 e. The summed E-state index contributed by atoms with van der Waals surface area (Å²) in [6, 6.07) is 13.1. The van der Waals surface area contributed by atoms with Crippen molar-refractivity contribution in [3.63, 3.8) is 0 Å². The van der Waals surface area contributed by atoms with Gasteiger partial charge in [-0.1, -0.05) is 18.2 Å². The van der Waals surface area contributed by atoms with Crippen LogP contribution < -0.4 is 5.32 Å². The van der Waals surface area contributed by atoms with Crippen LogP contribution >= 0.6 is 0 Å². The molecule has 0 unspecified atom stereocenters. The largest absolute Gasteiger partial charge is 0.464 e. The predicted molar refractivity (Wildman–Crippen MR) is 65.3 cm³/mol. The molecule has 1 N–H and O–H groups in total. The van der Waals surface area contributed by atoms with E-state index in [0.29, 0.717) is 5.69 Å². The second-order valence-electron chi connectivity index (χ2n) is 3.41. The summed E-state index contributed by atoms with van der Waals surface area (Å²) in [5.74, 6) is -0.434. The number of rotatable bonds is 3. The third kappa shape index (κ3) is 2.81. The van der Waals surface area contributed by atoms with Gasteiger partial charge in [0.05, 0.1) is 19.0 Å². The number of para-hydroxylation sites is 1. The van der Waals surface area contributed by atoms with Crippen LogP contribution in [0.1, 0.15) is 10.5 Å². The Balaban J connectivity index is 2.11. The first-order valence-corrected chi connectivity index (χ1v) is 5.16. The van der Waals surface area contributed by atoms with Crippen molar-refractivity contribution in [2.75, 3.05) is 12.4 Å². The van der Waals surface area contributed by atoms with Gasteiger partial charge in [0.25, 0.3) is 0 Å². The van der Waals surface area contributed by atoms with E-state index in [1.54, 1.807) is 18.3 Å². The standard InChI is InChI=1S/C13H12N2O2/c1-17-13(16)12-8-7-11(9-14-12)15-10-5-3-2-4-6-10/h2-9,15H,1H3. The number of aromatic nitrogens is 1. The molecule has 4 heteroatoms. The van der Waals surface area contributed by atoms with E-state index in [-0.39, 0.29) is 0 Å². The van der Waals surface area contributed by atoms with Crippen LogP contribution in [0, 0.1) is 0 Å². The van der Waals surface area contributed by atoms with Crippen molar-refractivity contribution in [2.45, 2.75) is 0 Å². The zero-order valence-electron chi connectivity index (χ0n) is 9.38. The molecular formula is C13H12N2O2. The number of nitrogens with one attached hydrogen (secondary N) is 1. The summed E-state index contributed by atoms with van der Waals surface area (Å²) in [6.45, 7) is 0. The Kier molecular flexibility index (Phi) is 3.35. The van der Waals surface area contributed by atoms with Crippen LogP contribution in [-0.4, -0.2) is 18.1 Å². The summed E-state index contributed by atoms with van der Waals surface area (Å²) >= 11 is 0. The molecule has 4 nitrogen and oxygen atoms in total. The Hall–Kier alpha value is -2.36. The number of hydrogen-bond acceptors (Lipinski definition) is 4. The van der Waals surface area contributed by atoms with Gasteiger partial charge in [-0.3, -0.25) is 0 Å². The van der Waals surface area contributed by atoms with Crippen molar-refractivity contribution in [1.82, 2.24) is 4.98 Å². The number of benzene rings is 1. The smallest absolute Gasteiger partial charge is 0.356 e. The highest BCUT2D eigenvalue weighted by Gasteiger charge is 2.05. The third-order valence-electron chi connectivity index (χ3n) is 2.22. The van der Waals surface area contributed by atoms with E-state index in [4.69, 9.17) is 0 Å². The molecule has 0 spiro atoms. The lowest BCUT2D eigenvalue weighted by Crippen LogP contribution is -2.04. The molecule has 1 aromatic carbocycles. The normalized spacial score (nSPS) is 9.71. The minimum absolute atomic E-state index is 0.297. The highest BCUT2D eigenvalue weighted by molar-refractivity contribution is 5.87. The number of carbonyl (C=O) groups excluding carboxylic acids is 1. The van der Waals surface area contributed by atoms with Gasteiger partial charge in [0.1, 0.15) is 5.69 Å². The van der Waals surface area contributed by atoms with Crippen LogP contribution in [0.3, 0.4) is 0 Å². The van der Waals surface area contributed by atoms with Crippen LogP contribution in [0.4, 0.5) is 11.4 Å². The van der Waals surface area contributed by atoms with E-state index in [2.05, 4.69) is 15.0 Å². The number of pyridine rings is 1. The highest BCUT2D eigenvalue weighted by atomic mass is 16.5. The topological polar surface area (TPSA) is 51.2 Å². The molecule has 0 radical (unpaired) electrons. The van der Waals surface area contributed by atoms with Gasteiger partial charge in [-0.25, -0.2) is 9.78 Å². The second kappa shape index (κ2) is 5.12. The van der Waals surface area contributed by atoms with Crippen LogP contribution in [0.25, 0.3) is 0 Å². The predicted octanol–water partition coefficient (Wildman–Crippen LogP) is 2.61. The first-order valence-electron chi connectivity index (χ1n) is 5.16. The van der Waals surface area contributed by atoms with Gasteiger partial charge in [-0.15, -0.1) is 0 Å². The molecule has 0 fully saturated rings. The lowest BCUT2D eigenvalue weighted by Gasteiger charge is -2.05. The molecule has 0 bridgehead atoms. The number of esters is 1. The molecule has 2 aromatic rings. The van der Waals surface area contributed by atoms with E-state index >= 15 is 0 Å². The van der Waals surface area contributed by atoms with Gasteiger partial charge in [-0.2, -0.15) is 0 Å². The van der Waals surface area contributed by atoms with E-state index in [1.807, 2.05) is 30.3 Å². The molecule has 0 atom stereocenters. The summed E-state index contributed by atoms with van der Waals surface area (Å²) < 4.78 is 4.57. The summed E-state index contributed by atoms with van der Waals surface area (Å²) in [6.07, 6.45) is 1.60. The molecular weight excluding hydrogens is 216 g/mol. The van der Waals surface area contributed by atoms with E-state index in [1.165, 1.54) is 7.11 Å². The van der Waals surface area contributed by atoms with Crippen molar-refractivity contribution in [1.29, 1.82) is 0 Å². The molecule has 0 saturated carbocycles. The first kappa shape index (κ1) is 11.1. The maximum Gasteiger partial charge on any atom is 0.356 e. The van der Waals surface area contributed by atoms with Crippen LogP contribution in [0.15, 0.2) is 48.7 Å². The third-order valence-corrected chi connectivity index (χ3v) is 2.22. The average molecular weight is 228 g/mol. The molecule has 0 aliphatic carbocycles. The van der Waals surface area contributed by atoms with Crippen molar-refractivity contribution in [3.8, 4) is 0 Å². The lowest BCUT2D eigenvalue weighted by atomic mass is 10.3. The Morgan fingerprint density at radius 1 is 1.12 bits per heavy atom. The molecule has 0 saturated heterocycles. The van der Waals surface area contributed by atoms with E-state index in [0.717, 1.165) is 11.4 Å². The monoisotopic (exact) mass is 228 g/mol. The fraction of sp³-hybridized carbons (Fsp3) is 0.0769. The van der Waals surface area contributed by atoms with Crippen LogP contribution in [0.2, 0.25) is 0 Å². The Morgan fingerprint density at radius 2 is 1.88 bits per heavy atom. The molecule has 1 heterocycles. The van der Waals surface area contributed by atoms with Gasteiger partial charge in [0, 0.05) is 5.69 Å². The Labute approximate surface area is 99.3 Å². The number of anilines is 2. The van der Waals surface area contributed by atoms with Gasteiger partial charge in [0.2, 0.25) is 0 Å². The van der Waals surface area contributed by atoms with Gasteiger partial charge in [-0.05, 0) is 24.3 Å². The quantitative estimate of drug-likeness (QED) is 0.820. The zero-order valence-corrected chi connectivity index (χ0v) is 9.38. The first-order chi connectivity index (χ1) is 8.29. The maximum atomic E-state index is 11.2. The SMILES string of the molecule is COC(=O)c1ccc(Nc2ccccc2)cn1. The Bertz CT molecular complexity index is 495. The number of hydrogen-bond donors (Lipinski definition) is 1. The average Bonchev–Trinajstić information content (AvgIpc) is 2.40. The number of nitrogens with zero attached hydrogens (tertiary/aromatic N) is 1. The fourth-order valence-corrected chi connectivity index (χ4v) is 1.38.